The molecule has 0 unspecified atom stereocenters. The zero-order valence-electron chi connectivity index (χ0n) is 12.6. The van der Waals surface area contributed by atoms with Gasteiger partial charge in [0.25, 0.3) is 0 Å². The SMILES string of the molecule is NC(=O)c1ccc(OCCC(=O)NC[C@H]2CC=CCC2)cc1. The normalized spacial score (nSPS) is 17.0. The van der Waals surface area contributed by atoms with Gasteiger partial charge < -0.3 is 15.8 Å². The van der Waals surface area contributed by atoms with Crippen molar-refractivity contribution in [3.05, 3.63) is 42.0 Å². The Morgan fingerprint density at radius 3 is 2.64 bits per heavy atom. The van der Waals surface area contributed by atoms with E-state index in [2.05, 4.69) is 17.5 Å². The molecular weight excluding hydrogens is 280 g/mol. The molecule has 1 aromatic carbocycles. The molecule has 0 spiro atoms. The topological polar surface area (TPSA) is 81.4 Å². The Morgan fingerprint density at radius 1 is 1.23 bits per heavy atom. The number of amides is 2. The van der Waals surface area contributed by atoms with Gasteiger partial charge in [-0.25, -0.2) is 0 Å². The Balaban J connectivity index is 1.64. The number of allylic oxidation sites excluding steroid dienone is 2. The van der Waals surface area contributed by atoms with Crippen LogP contribution in [0.5, 0.6) is 5.75 Å². The summed E-state index contributed by atoms with van der Waals surface area (Å²) in [7, 11) is 0. The number of rotatable bonds is 7. The van der Waals surface area contributed by atoms with E-state index in [1.165, 1.54) is 0 Å². The highest BCUT2D eigenvalue weighted by molar-refractivity contribution is 5.92. The average Bonchev–Trinajstić information content (AvgIpc) is 2.54. The van der Waals surface area contributed by atoms with Crippen LogP contribution in [0.3, 0.4) is 0 Å². The Hall–Kier alpha value is -2.30. The van der Waals surface area contributed by atoms with E-state index in [1.54, 1.807) is 24.3 Å². The molecule has 5 heteroatoms. The second-order valence-corrected chi connectivity index (χ2v) is 5.44. The van der Waals surface area contributed by atoms with Gasteiger partial charge in [0.2, 0.25) is 11.8 Å². The van der Waals surface area contributed by atoms with Crippen LogP contribution in [0.4, 0.5) is 0 Å². The van der Waals surface area contributed by atoms with Crippen molar-refractivity contribution in [1.82, 2.24) is 5.32 Å². The molecule has 118 valence electrons. The molecule has 5 nitrogen and oxygen atoms in total. The van der Waals surface area contributed by atoms with Crippen LogP contribution in [0.25, 0.3) is 0 Å². The number of ether oxygens (including phenoxy) is 1. The first-order chi connectivity index (χ1) is 10.6. The van der Waals surface area contributed by atoms with E-state index in [-0.39, 0.29) is 5.91 Å². The van der Waals surface area contributed by atoms with Crippen LogP contribution in [-0.2, 0) is 4.79 Å². The number of nitrogens with two attached hydrogens (primary N) is 1. The highest BCUT2D eigenvalue weighted by Crippen LogP contribution is 2.17. The fourth-order valence-corrected chi connectivity index (χ4v) is 2.37. The molecular formula is C17H22N2O3. The summed E-state index contributed by atoms with van der Waals surface area (Å²) in [5.74, 6) is 0.707. The quantitative estimate of drug-likeness (QED) is 0.756. The fraction of sp³-hybridized carbons (Fsp3) is 0.412. The van der Waals surface area contributed by atoms with Gasteiger partial charge >= 0.3 is 0 Å². The van der Waals surface area contributed by atoms with Crippen LogP contribution < -0.4 is 15.8 Å². The third kappa shape index (κ3) is 5.24. The van der Waals surface area contributed by atoms with Crippen LogP contribution in [0.15, 0.2) is 36.4 Å². The smallest absolute Gasteiger partial charge is 0.248 e. The maximum atomic E-state index is 11.7. The number of primary amides is 1. The van der Waals surface area contributed by atoms with Crippen molar-refractivity contribution in [2.24, 2.45) is 11.7 Å². The number of benzene rings is 1. The fourth-order valence-electron chi connectivity index (χ4n) is 2.37. The van der Waals surface area contributed by atoms with Crippen LogP contribution in [-0.4, -0.2) is 25.0 Å². The molecule has 0 heterocycles. The van der Waals surface area contributed by atoms with Crippen molar-refractivity contribution in [1.29, 1.82) is 0 Å². The molecule has 1 aliphatic carbocycles. The van der Waals surface area contributed by atoms with Crippen LogP contribution >= 0.6 is 0 Å². The average molecular weight is 302 g/mol. The third-order valence-corrected chi connectivity index (χ3v) is 3.70. The molecule has 0 saturated carbocycles. The molecule has 1 atom stereocenters. The molecule has 22 heavy (non-hydrogen) atoms. The van der Waals surface area contributed by atoms with Gasteiger partial charge in [-0.15, -0.1) is 0 Å². The van der Waals surface area contributed by atoms with Crippen LogP contribution in [0, 0.1) is 5.92 Å². The summed E-state index contributed by atoms with van der Waals surface area (Å²) in [6, 6.07) is 6.56. The lowest BCUT2D eigenvalue weighted by Gasteiger charge is -2.18. The van der Waals surface area contributed by atoms with Gasteiger partial charge in [-0.2, -0.15) is 0 Å². The minimum atomic E-state index is -0.469. The zero-order valence-corrected chi connectivity index (χ0v) is 12.6. The molecule has 0 fully saturated rings. The first-order valence-corrected chi connectivity index (χ1v) is 7.59. The molecule has 2 rings (SSSR count). The summed E-state index contributed by atoms with van der Waals surface area (Å²) in [5.41, 5.74) is 5.60. The van der Waals surface area contributed by atoms with Crippen molar-refractivity contribution in [3.8, 4) is 5.75 Å². The summed E-state index contributed by atoms with van der Waals surface area (Å²) in [6.07, 6.45) is 7.97. The zero-order chi connectivity index (χ0) is 15.8. The lowest BCUT2D eigenvalue weighted by atomic mass is 9.94. The summed E-state index contributed by atoms with van der Waals surface area (Å²) < 4.78 is 5.48. The van der Waals surface area contributed by atoms with Crippen molar-refractivity contribution >= 4 is 11.8 Å². The van der Waals surface area contributed by atoms with Gasteiger partial charge in [-0.05, 0) is 49.4 Å². The van der Waals surface area contributed by atoms with Crippen molar-refractivity contribution < 1.29 is 14.3 Å². The second kappa shape index (κ2) is 8.22. The molecule has 1 aliphatic rings. The molecule has 0 aromatic heterocycles. The molecule has 0 saturated heterocycles. The molecule has 1 aromatic rings. The molecule has 0 radical (unpaired) electrons. The van der Waals surface area contributed by atoms with Gasteiger partial charge in [0.1, 0.15) is 5.75 Å². The van der Waals surface area contributed by atoms with Gasteiger partial charge in [0.05, 0.1) is 13.0 Å². The Bertz CT molecular complexity index is 537. The van der Waals surface area contributed by atoms with E-state index < -0.39 is 5.91 Å². The van der Waals surface area contributed by atoms with Gasteiger partial charge in [0.15, 0.2) is 0 Å². The van der Waals surface area contributed by atoms with E-state index in [1.807, 2.05) is 0 Å². The Morgan fingerprint density at radius 2 is 2.00 bits per heavy atom. The van der Waals surface area contributed by atoms with E-state index in [9.17, 15) is 9.59 Å². The Kier molecular flexibility index (Phi) is 6.01. The summed E-state index contributed by atoms with van der Waals surface area (Å²) >= 11 is 0. The third-order valence-electron chi connectivity index (χ3n) is 3.70. The monoisotopic (exact) mass is 302 g/mol. The number of carbonyl (C=O) groups is 2. The van der Waals surface area contributed by atoms with Crippen molar-refractivity contribution in [2.75, 3.05) is 13.2 Å². The van der Waals surface area contributed by atoms with Crippen LogP contribution in [0.2, 0.25) is 0 Å². The van der Waals surface area contributed by atoms with Gasteiger partial charge in [-0.1, -0.05) is 12.2 Å². The predicted molar refractivity (Wildman–Crippen MR) is 84.6 cm³/mol. The largest absolute Gasteiger partial charge is 0.493 e. The summed E-state index contributed by atoms with van der Waals surface area (Å²) in [4.78, 5) is 22.7. The number of hydrogen-bond acceptors (Lipinski definition) is 3. The molecule has 0 aliphatic heterocycles. The first kappa shape index (κ1) is 16.1. The molecule has 3 N–H and O–H groups in total. The lowest BCUT2D eigenvalue weighted by molar-refractivity contribution is -0.121. The number of hydrogen-bond donors (Lipinski definition) is 2. The summed E-state index contributed by atoms with van der Waals surface area (Å²) in [5, 5.41) is 2.95. The predicted octanol–water partition coefficient (Wildman–Crippen LogP) is 2.03. The Labute approximate surface area is 130 Å². The van der Waals surface area contributed by atoms with Crippen molar-refractivity contribution in [2.45, 2.75) is 25.7 Å². The van der Waals surface area contributed by atoms with Gasteiger partial charge in [-0.3, -0.25) is 9.59 Å². The highest BCUT2D eigenvalue weighted by atomic mass is 16.5. The number of carbonyl (C=O) groups excluding carboxylic acids is 2. The maximum Gasteiger partial charge on any atom is 0.248 e. The minimum absolute atomic E-state index is 0.00306. The van der Waals surface area contributed by atoms with Crippen molar-refractivity contribution in [3.63, 3.8) is 0 Å². The first-order valence-electron chi connectivity index (χ1n) is 7.59. The van der Waals surface area contributed by atoms with Gasteiger partial charge in [0, 0.05) is 12.1 Å². The summed E-state index contributed by atoms with van der Waals surface area (Å²) in [6.45, 7) is 1.04. The van der Waals surface area contributed by atoms with E-state index in [4.69, 9.17) is 10.5 Å². The van der Waals surface area contributed by atoms with E-state index in [0.717, 1.165) is 25.8 Å². The second-order valence-electron chi connectivity index (χ2n) is 5.44. The highest BCUT2D eigenvalue weighted by Gasteiger charge is 2.11. The standard InChI is InChI=1S/C17H22N2O3/c18-17(21)14-6-8-15(9-7-14)22-11-10-16(20)19-12-13-4-2-1-3-5-13/h1-2,6-9,13H,3-5,10-12H2,(H2,18,21)(H,19,20)/t13-/m0/s1. The minimum Gasteiger partial charge on any atom is -0.493 e. The molecule has 0 bridgehead atoms. The molecule has 2 amide bonds. The number of nitrogens with one attached hydrogen (secondary N) is 1. The lowest BCUT2D eigenvalue weighted by Crippen LogP contribution is -2.30. The van der Waals surface area contributed by atoms with Crippen LogP contribution in [0.1, 0.15) is 36.0 Å². The van der Waals surface area contributed by atoms with E-state index in [0.29, 0.717) is 30.3 Å². The van der Waals surface area contributed by atoms with E-state index >= 15 is 0 Å². The maximum absolute atomic E-state index is 11.7.